The molecule has 1 fully saturated rings. The Hall–Kier alpha value is -2.58. The van der Waals surface area contributed by atoms with Crippen molar-refractivity contribution in [2.75, 3.05) is 6.54 Å². The summed E-state index contributed by atoms with van der Waals surface area (Å²) in [7, 11) is 0. The second-order valence-electron chi connectivity index (χ2n) is 8.09. The molecule has 9 heteroatoms. The molecular weight excluding hydrogens is 459 g/mol. The fourth-order valence-corrected chi connectivity index (χ4v) is 5.67. The number of carbonyl (C=O) groups is 1. The molecule has 4 nitrogen and oxygen atoms in total. The molecule has 3 aromatic rings. The van der Waals surface area contributed by atoms with Gasteiger partial charge in [-0.05, 0) is 41.7 Å². The number of benzene rings is 1. The Morgan fingerprint density at radius 1 is 1.22 bits per heavy atom. The number of amides is 1. The summed E-state index contributed by atoms with van der Waals surface area (Å²) in [6.07, 6.45) is -0.145. The van der Waals surface area contributed by atoms with Gasteiger partial charge in [0, 0.05) is 29.1 Å². The lowest BCUT2D eigenvalue weighted by Crippen LogP contribution is -2.37. The minimum absolute atomic E-state index is 0.0229. The number of rotatable bonds is 4. The van der Waals surface area contributed by atoms with Crippen LogP contribution < -0.4 is 0 Å². The largest absolute Gasteiger partial charge is 0.435 e. The van der Waals surface area contributed by atoms with Crippen LogP contribution in [0.3, 0.4) is 0 Å². The van der Waals surface area contributed by atoms with Gasteiger partial charge >= 0.3 is 6.18 Å². The van der Waals surface area contributed by atoms with Gasteiger partial charge in [-0.25, -0.2) is 0 Å². The quantitative estimate of drug-likeness (QED) is 0.415. The number of alkyl halides is 3. The smallest absolute Gasteiger partial charge is 0.333 e. The van der Waals surface area contributed by atoms with Gasteiger partial charge in [-0.3, -0.25) is 9.48 Å². The third-order valence-electron chi connectivity index (χ3n) is 5.96. The average Bonchev–Trinajstić information content (AvgIpc) is 3.38. The molecule has 1 saturated carbocycles. The van der Waals surface area contributed by atoms with Crippen LogP contribution >= 0.6 is 22.9 Å². The number of fused-ring (bicyclic) bond motifs is 1. The van der Waals surface area contributed by atoms with Gasteiger partial charge in [-0.1, -0.05) is 42.4 Å². The summed E-state index contributed by atoms with van der Waals surface area (Å²) < 4.78 is 43.7. The van der Waals surface area contributed by atoms with Crippen LogP contribution in [0.4, 0.5) is 13.2 Å². The molecule has 1 aliphatic heterocycles. The lowest BCUT2D eigenvalue weighted by Gasteiger charge is -2.33. The van der Waals surface area contributed by atoms with Gasteiger partial charge in [-0.15, -0.1) is 11.3 Å². The maximum Gasteiger partial charge on any atom is 0.435 e. The lowest BCUT2D eigenvalue weighted by molar-refractivity contribution is -0.141. The second kappa shape index (κ2) is 7.78. The zero-order valence-corrected chi connectivity index (χ0v) is 18.5. The Morgan fingerprint density at radius 3 is 2.66 bits per heavy atom. The number of nitrogens with zero attached hydrogens (tertiary/aromatic N) is 3. The number of carbonyl (C=O) groups excluding carboxylic acids is 1. The molecule has 0 bridgehead atoms. The zero-order chi connectivity index (χ0) is 22.6. The van der Waals surface area contributed by atoms with Crippen molar-refractivity contribution >= 4 is 28.8 Å². The number of hydrogen-bond acceptors (Lipinski definition) is 3. The molecule has 0 spiro atoms. The van der Waals surface area contributed by atoms with Crippen molar-refractivity contribution in [2.45, 2.75) is 37.5 Å². The molecule has 0 radical (unpaired) electrons. The van der Waals surface area contributed by atoms with Gasteiger partial charge in [0.05, 0.1) is 16.9 Å². The summed E-state index contributed by atoms with van der Waals surface area (Å²) in [5.74, 6) is -0.534. The van der Waals surface area contributed by atoms with Crippen molar-refractivity contribution in [3.8, 4) is 11.1 Å². The van der Waals surface area contributed by atoms with Gasteiger partial charge in [-0.2, -0.15) is 18.3 Å². The van der Waals surface area contributed by atoms with E-state index in [4.69, 9.17) is 11.6 Å². The Labute approximate surface area is 191 Å². The highest BCUT2D eigenvalue weighted by atomic mass is 35.5. The van der Waals surface area contributed by atoms with Crippen LogP contribution in [-0.4, -0.2) is 27.1 Å². The first-order valence-electron chi connectivity index (χ1n) is 10.2. The number of aromatic nitrogens is 2. The first-order chi connectivity index (χ1) is 15.3. The average molecular weight is 478 g/mol. The maximum absolute atomic E-state index is 13.9. The second-order valence-corrected chi connectivity index (χ2v) is 9.86. The Morgan fingerprint density at radius 2 is 1.97 bits per heavy atom. The summed E-state index contributed by atoms with van der Waals surface area (Å²) in [6.45, 7) is 4.31. The predicted molar refractivity (Wildman–Crippen MR) is 118 cm³/mol. The molecule has 0 unspecified atom stereocenters. The van der Waals surface area contributed by atoms with E-state index in [1.54, 1.807) is 23.1 Å². The minimum Gasteiger partial charge on any atom is -0.333 e. The fourth-order valence-electron chi connectivity index (χ4n) is 4.32. The first-order valence-corrected chi connectivity index (χ1v) is 11.4. The van der Waals surface area contributed by atoms with E-state index in [1.165, 1.54) is 28.3 Å². The van der Waals surface area contributed by atoms with E-state index < -0.39 is 11.9 Å². The predicted octanol–water partition coefficient (Wildman–Crippen LogP) is 6.28. The molecule has 1 amide bonds. The molecule has 3 heterocycles. The van der Waals surface area contributed by atoms with Crippen LogP contribution in [0.1, 0.15) is 46.5 Å². The summed E-state index contributed by atoms with van der Waals surface area (Å²) in [6, 6.07) is 8.93. The topological polar surface area (TPSA) is 38.1 Å². The van der Waals surface area contributed by atoms with Crippen molar-refractivity contribution in [2.24, 2.45) is 0 Å². The van der Waals surface area contributed by atoms with Gasteiger partial charge in [0.25, 0.3) is 0 Å². The van der Waals surface area contributed by atoms with Crippen molar-refractivity contribution in [3.63, 3.8) is 0 Å². The molecule has 0 N–H and O–H groups in total. The summed E-state index contributed by atoms with van der Waals surface area (Å²) in [5.41, 5.74) is 1.32. The van der Waals surface area contributed by atoms with Crippen LogP contribution in [0.2, 0.25) is 4.34 Å². The van der Waals surface area contributed by atoms with Crippen LogP contribution in [0.25, 0.3) is 11.1 Å². The SMILES string of the molecule is C=CC(=O)N1Cc2sc(Cl)cc2[C@H](c2ccccc2-c2cn(C3CC3)nc2C(F)(F)F)C1. The molecule has 1 atom stereocenters. The molecule has 2 aromatic heterocycles. The van der Waals surface area contributed by atoms with Gasteiger partial charge in [0.15, 0.2) is 5.69 Å². The van der Waals surface area contributed by atoms with Gasteiger partial charge in [0.2, 0.25) is 5.91 Å². The standard InChI is InChI=1S/C23H19ClF3N3OS/c1-2-21(31)29-10-17(16-9-20(24)32-19(16)12-29)14-5-3-4-6-15(14)18-11-30(13-7-8-13)28-22(18)23(25,26)27/h2-6,9,11,13,17H,1,7-8,10,12H2/t17-/m0/s1. The van der Waals surface area contributed by atoms with Crippen molar-refractivity contribution in [1.82, 2.24) is 14.7 Å². The van der Waals surface area contributed by atoms with Crippen molar-refractivity contribution < 1.29 is 18.0 Å². The highest BCUT2D eigenvalue weighted by Gasteiger charge is 2.40. The van der Waals surface area contributed by atoms with Crippen molar-refractivity contribution in [1.29, 1.82) is 0 Å². The van der Waals surface area contributed by atoms with Gasteiger partial charge in [0.1, 0.15) is 0 Å². The lowest BCUT2D eigenvalue weighted by atomic mass is 9.84. The fraction of sp³-hybridized carbons (Fsp3) is 0.304. The molecule has 32 heavy (non-hydrogen) atoms. The molecular formula is C23H19ClF3N3OS. The van der Waals surface area contributed by atoms with Crippen LogP contribution in [0, 0.1) is 0 Å². The molecule has 5 rings (SSSR count). The maximum atomic E-state index is 13.9. The van der Waals surface area contributed by atoms with Crippen LogP contribution in [0.5, 0.6) is 0 Å². The van der Waals surface area contributed by atoms with Crippen LogP contribution in [-0.2, 0) is 17.5 Å². The van der Waals surface area contributed by atoms with Gasteiger partial charge < -0.3 is 4.90 Å². The van der Waals surface area contributed by atoms with E-state index in [0.717, 1.165) is 23.3 Å². The molecule has 1 aromatic carbocycles. The molecule has 1 aliphatic carbocycles. The highest BCUT2D eigenvalue weighted by Crippen LogP contribution is 2.46. The monoisotopic (exact) mass is 477 g/mol. The number of halogens is 4. The number of hydrogen-bond donors (Lipinski definition) is 0. The Bertz CT molecular complexity index is 1210. The Kier molecular flexibility index (Phi) is 5.17. The van der Waals surface area contributed by atoms with E-state index in [2.05, 4.69) is 11.7 Å². The van der Waals surface area contributed by atoms with Crippen molar-refractivity contribution in [3.05, 3.63) is 75.2 Å². The minimum atomic E-state index is -4.57. The summed E-state index contributed by atoms with van der Waals surface area (Å²) in [4.78, 5) is 15.0. The van der Waals surface area contributed by atoms with E-state index >= 15 is 0 Å². The third-order valence-corrected chi connectivity index (χ3v) is 7.22. The van der Waals surface area contributed by atoms with E-state index in [1.807, 2.05) is 12.1 Å². The van der Waals surface area contributed by atoms with E-state index in [9.17, 15) is 18.0 Å². The molecule has 2 aliphatic rings. The zero-order valence-electron chi connectivity index (χ0n) is 16.9. The third kappa shape index (κ3) is 3.75. The first kappa shape index (κ1) is 21.3. The van der Waals surface area contributed by atoms with E-state index in [-0.39, 0.29) is 23.4 Å². The molecule has 166 valence electrons. The number of thiophene rings is 1. The summed E-state index contributed by atoms with van der Waals surface area (Å²) >= 11 is 7.67. The van der Waals surface area contributed by atoms with Crippen LogP contribution in [0.15, 0.2) is 49.2 Å². The Balaban J connectivity index is 1.66. The normalized spacial score (nSPS) is 18.5. The van der Waals surface area contributed by atoms with E-state index in [0.29, 0.717) is 28.6 Å². The highest BCUT2D eigenvalue weighted by molar-refractivity contribution is 7.16. The summed E-state index contributed by atoms with van der Waals surface area (Å²) in [5, 5.41) is 3.91. The molecule has 0 saturated heterocycles.